The molecular formula is C21H31N7O2. The van der Waals surface area contributed by atoms with Crippen LogP contribution in [0, 0.1) is 17.3 Å². The van der Waals surface area contributed by atoms with Crippen LogP contribution in [0.5, 0.6) is 0 Å². The third-order valence-corrected chi connectivity index (χ3v) is 6.28. The first kappa shape index (κ1) is 20.6. The Bertz CT molecular complexity index is 928. The van der Waals surface area contributed by atoms with E-state index in [0.717, 1.165) is 12.1 Å². The second-order valence-electron chi connectivity index (χ2n) is 9.00. The molecule has 0 saturated carbocycles. The first-order chi connectivity index (χ1) is 14.3. The molecule has 4 heterocycles. The van der Waals surface area contributed by atoms with Crippen molar-refractivity contribution in [3.05, 3.63) is 29.7 Å². The van der Waals surface area contributed by atoms with Gasteiger partial charge in [-0.25, -0.2) is 4.98 Å². The Labute approximate surface area is 176 Å². The minimum Gasteiger partial charge on any atom is -0.396 e. The predicted molar refractivity (Wildman–Crippen MR) is 114 cm³/mol. The van der Waals surface area contributed by atoms with E-state index in [1.807, 2.05) is 17.9 Å². The van der Waals surface area contributed by atoms with Gasteiger partial charge in [0.05, 0.1) is 12.3 Å². The van der Waals surface area contributed by atoms with Gasteiger partial charge >= 0.3 is 0 Å². The average molecular weight is 414 g/mol. The number of anilines is 2. The molecule has 0 radical (unpaired) electrons. The second-order valence-corrected chi connectivity index (χ2v) is 9.00. The molecule has 162 valence electrons. The van der Waals surface area contributed by atoms with E-state index in [9.17, 15) is 9.90 Å². The van der Waals surface area contributed by atoms with Crippen molar-refractivity contribution in [1.82, 2.24) is 24.6 Å². The van der Waals surface area contributed by atoms with Crippen LogP contribution in [0.1, 0.15) is 37.0 Å². The molecule has 4 rings (SSSR count). The van der Waals surface area contributed by atoms with E-state index < -0.39 is 0 Å². The molecule has 0 aliphatic carbocycles. The van der Waals surface area contributed by atoms with Crippen LogP contribution in [0.4, 0.5) is 11.8 Å². The van der Waals surface area contributed by atoms with E-state index in [2.05, 4.69) is 33.8 Å². The number of carbonyl (C=O) groups excluding carboxylic acids is 1. The van der Waals surface area contributed by atoms with Gasteiger partial charge in [-0.2, -0.15) is 10.1 Å². The number of fused-ring (bicyclic) bond motifs is 1. The van der Waals surface area contributed by atoms with Gasteiger partial charge in [0.15, 0.2) is 0 Å². The highest BCUT2D eigenvalue weighted by Gasteiger charge is 2.54. The van der Waals surface area contributed by atoms with Crippen molar-refractivity contribution in [2.45, 2.75) is 33.7 Å². The normalized spacial score (nSPS) is 23.4. The Morgan fingerprint density at radius 2 is 2.17 bits per heavy atom. The molecule has 1 amide bonds. The number of nitrogens with two attached hydrogens (primary N) is 1. The number of nitrogens with zero attached hydrogens (tertiary/aromatic N) is 6. The van der Waals surface area contributed by atoms with Crippen LogP contribution in [0.15, 0.2) is 18.3 Å². The third kappa shape index (κ3) is 3.62. The summed E-state index contributed by atoms with van der Waals surface area (Å²) >= 11 is 0. The lowest BCUT2D eigenvalue weighted by Gasteiger charge is -2.27. The van der Waals surface area contributed by atoms with E-state index in [-0.39, 0.29) is 23.8 Å². The number of aliphatic hydroxyl groups excluding tert-OH is 1. The van der Waals surface area contributed by atoms with Crippen molar-refractivity contribution in [3.63, 3.8) is 0 Å². The maximum absolute atomic E-state index is 13.3. The van der Waals surface area contributed by atoms with E-state index in [1.54, 1.807) is 16.9 Å². The van der Waals surface area contributed by atoms with Crippen LogP contribution in [-0.4, -0.2) is 68.4 Å². The molecule has 2 fully saturated rings. The molecule has 2 aromatic heterocycles. The summed E-state index contributed by atoms with van der Waals surface area (Å²) < 4.78 is 1.80. The molecular weight excluding hydrogens is 382 g/mol. The summed E-state index contributed by atoms with van der Waals surface area (Å²) in [6.07, 6.45) is 2.50. The molecule has 9 nitrogen and oxygen atoms in total. The number of likely N-dealkylation sites (tertiary alicyclic amines) is 1. The maximum atomic E-state index is 13.3. The molecule has 0 aromatic carbocycles. The molecule has 2 aliphatic heterocycles. The van der Waals surface area contributed by atoms with Crippen molar-refractivity contribution in [1.29, 1.82) is 0 Å². The lowest BCUT2D eigenvalue weighted by molar-refractivity contribution is 0.0736. The molecule has 0 bridgehead atoms. The fourth-order valence-corrected chi connectivity index (χ4v) is 4.79. The Kier molecular flexibility index (Phi) is 5.40. The quantitative estimate of drug-likeness (QED) is 0.727. The molecule has 0 spiro atoms. The van der Waals surface area contributed by atoms with Gasteiger partial charge in [0, 0.05) is 50.3 Å². The van der Waals surface area contributed by atoms with Crippen LogP contribution >= 0.6 is 0 Å². The van der Waals surface area contributed by atoms with Gasteiger partial charge in [0.1, 0.15) is 11.5 Å². The van der Waals surface area contributed by atoms with Gasteiger partial charge in [-0.3, -0.25) is 9.48 Å². The van der Waals surface area contributed by atoms with Crippen molar-refractivity contribution < 1.29 is 9.90 Å². The average Bonchev–Trinajstić information content (AvgIpc) is 3.37. The number of amides is 1. The number of carbonyl (C=O) groups is 1. The van der Waals surface area contributed by atoms with Gasteiger partial charge < -0.3 is 20.6 Å². The predicted octanol–water partition coefficient (Wildman–Crippen LogP) is 1.04. The number of rotatable bonds is 6. The lowest BCUT2D eigenvalue weighted by Crippen LogP contribution is -2.39. The summed E-state index contributed by atoms with van der Waals surface area (Å²) in [4.78, 5) is 25.9. The van der Waals surface area contributed by atoms with Crippen molar-refractivity contribution >= 4 is 17.7 Å². The Morgan fingerprint density at radius 1 is 1.37 bits per heavy atom. The molecule has 2 aliphatic rings. The van der Waals surface area contributed by atoms with Gasteiger partial charge in [-0.1, -0.05) is 13.8 Å². The Hall–Kier alpha value is -2.68. The smallest absolute Gasteiger partial charge is 0.272 e. The fourth-order valence-electron chi connectivity index (χ4n) is 4.79. The summed E-state index contributed by atoms with van der Waals surface area (Å²) in [6.45, 7) is 9.39. The third-order valence-electron chi connectivity index (χ3n) is 6.28. The lowest BCUT2D eigenvalue weighted by atomic mass is 9.82. The first-order valence-corrected chi connectivity index (χ1v) is 10.7. The SMILES string of the molecule is CCn1nc(CC(C)C)cc1C(=O)N1C[C@@H]2CN(c3nccc(N)n3)C[C@]2(CO)C1. The van der Waals surface area contributed by atoms with E-state index in [0.29, 0.717) is 56.1 Å². The van der Waals surface area contributed by atoms with Crippen LogP contribution in [0.3, 0.4) is 0 Å². The summed E-state index contributed by atoms with van der Waals surface area (Å²) in [5.74, 6) is 1.64. The standard InChI is InChI=1S/C21H31N7O2/c1-4-28-17(8-16(25-28)7-14(2)3)19(30)26-9-15-10-27(12-21(15,11-26)13-29)20-23-6-5-18(22)24-20/h5-6,8,14-15,29H,4,7,9-13H2,1-3H3,(H2,22,23,24)/t15-,21+/m1/s1. The molecule has 2 aromatic rings. The van der Waals surface area contributed by atoms with Gasteiger partial charge in [0.2, 0.25) is 5.95 Å². The summed E-state index contributed by atoms with van der Waals surface area (Å²) in [5, 5.41) is 14.9. The van der Waals surface area contributed by atoms with Gasteiger partial charge in [-0.15, -0.1) is 0 Å². The highest BCUT2D eigenvalue weighted by Crippen LogP contribution is 2.43. The number of nitrogen functional groups attached to an aromatic ring is 1. The zero-order valence-corrected chi connectivity index (χ0v) is 18.0. The van der Waals surface area contributed by atoms with E-state index >= 15 is 0 Å². The van der Waals surface area contributed by atoms with E-state index in [4.69, 9.17) is 5.73 Å². The molecule has 2 atom stereocenters. The number of aromatic nitrogens is 4. The molecule has 3 N–H and O–H groups in total. The highest BCUT2D eigenvalue weighted by atomic mass is 16.3. The summed E-state index contributed by atoms with van der Waals surface area (Å²) in [5.41, 5.74) is 7.02. The number of aliphatic hydroxyl groups is 1. The molecule has 0 unspecified atom stereocenters. The molecule has 2 saturated heterocycles. The van der Waals surface area contributed by atoms with Gasteiger partial charge in [-0.05, 0) is 31.4 Å². The molecule has 30 heavy (non-hydrogen) atoms. The maximum Gasteiger partial charge on any atom is 0.272 e. The minimum atomic E-state index is -0.374. The van der Waals surface area contributed by atoms with Crippen molar-refractivity contribution in [3.8, 4) is 0 Å². The van der Waals surface area contributed by atoms with E-state index in [1.165, 1.54) is 0 Å². The highest BCUT2D eigenvalue weighted by molar-refractivity contribution is 5.93. The van der Waals surface area contributed by atoms with Crippen LogP contribution in [-0.2, 0) is 13.0 Å². The molecule has 9 heteroatoms. The van der Waals surface area contributed by atoms with Crippen LogP contribution in [0.25, 0.3) is 0 Å². The van der Waals surface area contributed by atoms with Crippen molar-refractivity contribution in [2.75, 3.05) is 43.4 Å². The largest absolute Gasteiger partial charge is 0.396 e. The van der Waals surface area contributed by atoms with Gasteiger partial charge in [0.25, 0.3) is 5.91 Å². The van der Waals surface area contributed by atoms with Crippen molar-refractivity contribution in [2.24, 2.45) is 17.3 Å². The monoisotopic (exact) mass is 413 g/mol. The number of aryl methyl sites for hydroxylation is 1. The topological polar surface area (TPSA) is 113 Å². The zero-order chi connectivity index (χ0) is 21.5. The first-order valence-electron chi connectivity index (χ1n) is 10.7. The van der Waals surface area contributed by atoms with Crippen LogP contribution in [0.2, 0.25) is 0 Å². The second kappa shape index (κ2) is 7.86. The zero-order valence-electron chi connectivity index (χ0n) is 18.0. The minimum absolute atomic E-state index is 0.00617. The Morgan fingerprint density at radius 3 is 2.80 bits per heavy atom. The number of hydrogen-bond donors (Lipinski definition) is 2. The number of hydrogen-bond acceptors (Lipinski definition) is 7. The Balaban J connectivity index is 1.52. The van der Waals surface area contributed by atoms with Crippen LogP contribution < -0.4 is 10.6 Å². The summed E-state index contributed by atoms with van der Waals surface area (Å²) in [6, 6.07) is 3.59. The fraction of sp³-hybridized carbons (Fsp3) is 0.619. The summed E-state index contributed by atoms with van der Waals surface area (Å²) in [7, 11) is 0.